The minimum absolute atomic E-state index is 0.280. The Bertz CT molecular complexity index is 1040. The van der Waals surface area contributed by atoms with Crippen LogP contribution in [0.2, 0.25) is 0 Å². The number of para-hydroxylation sites is 1. The molecule has 0 aliphatic carbocycles. The first-order valence-corrected chi connectivity index (χ1v) is 11.4. The summed E-state index contributed by atoms with van der Waals surface area (Å²) in [7, 11) is 0. The van der Waals surface area contributed by atoms with Crippen LogP contribution < -0.4 is 19.1 Å². The molecule has 2 heterocycles. The van der Waals surface area contributed by atoms with Crippen LogP contribution in [0.15, 0.2) is 66.7 Å². The van der Waals surface area contributed by atoms with Crippen LogP contribution in [0.3, 0.4) is 0 Å². The number of nitrogens with zero attached hydrogens (tertiary/aromatic N) is 2. The number of benzene rings is 3. The summed E-state index contributed by atoms with van der Waals surface area (Å²) in [5.41, 5.74) is 5.28. The van der Waals surface area contributed by atoms with Crippen molar-refractivity contribution in [1.82, 2.24) is 4.90 Å². The highest BCUT2D eigenvalue weighted by Gasteiger charge is 2.18. The van der Waals surface area contributed by atoms with Gasteiger partial charge < -0.3 is 19.1 Å². The highest BCUT2D eigenvalue weighted by atomic mass is 16.7. The number of anilines is 1. The largest absolute Gasteiger partial charge is 0.489 e. The van der Waals surface area contributed by atoms with Gasteiger partial charge >= 0.3 is 0 Å². The molecule has 166 valence electrons. The zero-order valence-corrected chi connectivity index (χ0v) is 18.6. The van der Waals surface area contributed by atoms with E-state index in [9.17, 15) is 0 Å². The minimum Gasteiger partial charge on any atom is -0.489 e. The number of piperazine rings is 1. The average Bonchev–Trinajstić information content (AvgIpc) is 3.31. The first-order chi connectivity index (χ1) is 15.7. The van der Waals surface area contributed by atoms with Gasteiger partial charge in [0.25, 0.3) is 0 Å². The highest BCUT2D eigenvalue weighted by Crippen LogP contribution is 2.35. The van der Waals surface area contributed by atoms with E-state index < -0.39 is 0 Å². The second-order valence-corrected chi connectivity index (χ2v) is 8.49. The van der Waals surface area contributed by atoms with E-state index in [1.807, 2.05) is 18.2 Å². The summed E-state index contributed by atoms with van der Waals surface area (Å²) >= 11 is 0. The predicted octanol–water partition coefficient (Wildman–Crippen LogP) is 4.67. The summed E-state index contributed by atoms with van der Waals surface area (Å²) in [6.07, 6.45) is 1.08. The van der Waals surface area contributed by atoms with Gasteiger partial charge in [-0.25, -0.2) is 0 Å². The lowest BCUT2D eigenvalue weighted by Gasteiger charge is -2.36. The lowest BCUT2D eigenvalue weighted by Crippen LogP contribution is -2.47. The van der Waals surface area contributed by atoms with E-state index in [-0.39, 0.29) is 6.79 Å². The normalized spacial score (nSPS) is 15.7. The van der Waals surface area contributed by atoms with E-state index in [4.69, 9.17) is 14.2 Å². The van der Waals surface area contributed by atoms with E-state index >= 15 is 0 Å². The molecule has 0 bridgehead atoms. The molecule has 1 saturated heterocycles. The monoisotopic (exact) mass is 430 g/mol. The molecule has 0 atom stereocenters. The van der Waals surface area contributed by atoms with Gasteiger partial charge in [0, 0.05) is 44.5 Å². The molecule has 0 radical (unpaired) electrons. The van der Waals surface area contributed by atoms with E-state index in [2.05, 4.69) is 65.3 Å². The van der Waals surface area contributed by atoms with Crippen molar-refractivity contribution < 1.29 is 14.2 Å². The van der Waals surface area contributed by atoms with Crippen LogP contribution >= 0.6 is 0 Å². The summed E-state index contributed by atoms with van der Waals surface area (Å²) in [5.74, 6) is 2.32. The van der Waals surface area contributed by atoms with Crippen LogP contribution in [0.5, 0.6) is 17.2 Å². The zero-order chi connectivity index (χ0) is 21.8. The molecule has 32 heavy (non-hydrogen) atoms. The van der Waals surface area contributed by atoms with Crippen LogP contribution in [0.4, 0.5) is 5.69 Å². The Kier molecular flexibility index (Phi) is 6.17. The molecule has 0 amide bonds. The summed E-state index contributed by atoms with van der Waals surface area (Å²) in [5, 5.41) is 0. The molecule has 3 aromatic carbocycles. The molecule has 0 aromatic heterocycles. The molecular formula is C27H30N2O3. The average molecular weight is 431 g/mol. The van der Waals surface area contributed by atoms with Gasteiger partial charge in [0.1, 0.15) is 12.4 Å². The van der Waals surface area contributed by atoms with Crippen LogP contribution in [-0.2, 0) is 13.0 Å². The van der Waals surface area contributed by atoms with Crippen molar-refractivity contribution in [1.29, 1.82) is 0 Å². The molecule has 3 aromatic rings. The fourth-order valence-corrected chi connectivity index (χ4v) is 4.35. The summed E-state index contributed by atoms with van der Waals surface area (Å²) in [4.78, 5) is 5.09. The third-order valence-corrected chi connectivity index (χ3v) is 6.32. The van der Waals surface area contributed by atoms with Gasteiger partial charge in [0.05, 0.1) is 0 Å². The molecular weight excluding hydrogens is 400 g/mol. The van der Waals surface area contributed by atoms with Gasteiger partial charge in [0.2, 0.25) is 6.79 Å². The number of rotatable bonds is 7. The number of fused-ring (bicyclic) bond motifs is 1. The van der Waals surface area contributed by atoms with E-state index in [0.29, 0.717) is 6.61 Å². The molecule has 2 aliphatic heterocycles. The maximum Gasteiger partial charge on any atom is 0.231 e. The Balaban J connectivity index is 1.07. The fraction of sp³-hybridized carbons (Fsp3) is 0.333. The smallest absolute Gasteiger partial charge is 0.231 e. The molecule has 0 saturated carbocycles. The van der Waals surface area contributed by atoms with Crippen molar-refractivity contribution in [2.24, 2.45) is 0 Å². The number of hydrogen-bond acceptors (Lipinski definition) is 5. The summed E-state index contributed by atoms with van der Waals surface area (Å²) in [6.45, 7) is 8.57. The zero-order valence-electron chi connectivity index (χ0n) is 18.6. The van der Waals surface area contributed by atoms with Crippen molar-refractivity contribution in [3.63, 3.8) is 0 Å². The Morgan fingerprint density at radius 2 is 1.56 bits per heavy atom. The van der Waals surface area contributed by atoms with Crippen LogP contribution in [0, 0.1) is 6.92 Å². The van der Waals surface area contributed by atoms with Crippen LogP contribution in [-0.4, -0.2) is 44.4 Å². The maximum atomic E-state index is 5.92. The van der Waals surface area contributed by atoms with Gasteiger partial charge in [-0.1, -0.05) is 42.5 Å². The van der Waals surface area contributed by atoms with Gasteiger partial charge in [-0.15, -0.1) is 0 Å². The third-order valence-electron chi connectivity index (χ3n) is 6.32. The Labute approximate surface area is 190 Å². The molecule has 2 aliphatic rings. The van der Waals surface area contributed by atoms with Crippen molar-refractivity contribution >= 4 is 5.69 Å². The van der Waals surface area contributed by atoms with Crippen molar-refractivity contribution in [3.05, 3.63) is 83.4 Å². The first kappa shape index (κ1) is 20.7. The number of ether oxygens (including phenoxy) is 3. The van der Waals surface area contributed by atoms with Crippen molar-refractivity contribution in [2.45, 2.75) is 20.0 Å². The molecule has 0 unspecified atom stereocenters. The lowest BCUT2D eigenvalue weighted by molar-refractivity contribution is 0.173. The summed E-state index contributed by atoms with van der Waals surface area (Å²) in [6, 6.07) is 23.2. The third kappa shape index (κ3) is 4.83. The first-order valence-electron chi connectivity index (χ1n) is 11.4. The summed E-state index contributed by atoms with van der Waals surface area (Å²) < 4.78 is 16.7. The topological polar surface area (TPSA) is 34.2 Å². The van der Waals surface area contributed by atoms with Gasteiger partial charge in [-0.2, -0.15) is 0 Å². The Morgan fingerprint density at radius 1 is 0.812 bits per heavy atom. The predicted molar refractivity (Wildman–Crippen MR) is 127 cm³/mol. The van der Waals surface area contributed by atoms with Gasteiger partial charge in [-0.05, 0) is 48.2 Å². The fourth-order valence-electron chi connectivity index (χ4n) is 4.35. The number of hydrogen-bond donors (Lipinski definition) is 0. The lowest BCUT2D eigenvalue weighted by atomic mass is 10.1. The molecule has 0 N–H and O–H groups in total. The van der Waals surface area contributed by atoms with Gasteiger partial charge in [-0.3, -0.25) is 4.90 Å². The minimum atomic E-state index is 0.280. The molecule has 5 heteroatoms. The highest BCUT2D eigenvalue weighted by molar-refractivity contribution is 5.53. The van der Waals surface area contributed by atoms with Gasteiger partial charge in [0.15, 0.2) is 11.5 Å². The maximum absolute atomic E-state index is 5.92. The second-order valence-electron chi connectivity index (χ2n) is 8.49. The van der Waals surface area contributed by atoms with E-state index in [0.717, 1.165) is 56.4 Å². The standard InChI is InChI=1S/C27H30N2O3/c1-21-4-2-3-5-25(21)29-16-14-28(15-17-29)13-12-22-6-8-23(9-7-22)19-30-24-10-11-26-27(18-24)32-20-31-26/h2-11,18H,12-17,19-20H2,1H3. The molecule has 5 rings (SSSR count). The molecule has 1 fully saturated rings. The number of aryl methyl sites for hydroxylation is 1. The quantitative estimate of drug-likeness (QED) is 0.544. The molecule has 0 spiro atoms. The SMILES string of the molecule is Cc1ccccc1N1CCN(CCc2ccc(COc3ccc4c(c3)OCO4)cc2)CC1. The van der Waals surface area contributed by atoms with E-state index in [1.54, 1.807) is 0 Å². The van der Waals surface area contributed by atoms with E-state index in [1.165, 1.54) is 22.4 Å². The van der Waals surface area contributed by atoms with Crippen molar-refractivity contribution in [2.75, 3.05) is 44.4 Å². The van der Waals surface area contributed by atoms with Crippen LogP contribution in [0.1, 0.15) is 16.7 Å². The van der Waals surface area contributed by atoms with Crippen LogP contribution in [0.25, 0.3) is 0 Å². The van der Waals surface area contributed by atoms with Crippen molar-refractivity contribution in [3.8, 4) is 17.2 Å². The molecule has 5 nitrogen and oxygen atoms in total. The Morgan fingerprint density at radius 3 is 2.38 bits per heavy atom. The Hall–Kier alpha value is -3.18. The second kappa shape index (κ2) is 9.53.